The lowest BCUT2D eigenvalue weighted by molar-refractivity contribution is -0.157. The smallest absolute Gasteiger partial charge is 0.309 e. The fourth-order valence-corrected chi connectivity index (χ4v) is 3.80. The lowest BCUT2D eigenvalue weighted by Crippen LogP contribution is -2.29. The summed E-state index contributed by atoms with van der Waals surface area (Å²) in [5.74, 6) is 1.72. The Balaban J connectivity index is 1.69. The van der Waals surface area contributed by atoms with Crippen LogP contribution in [0.5, 0.6) is 0 Å². The van der Waals surface area contributed by atoms with Crippen LogP contribution in [0.25, 0.3) is 0 Å². The highest BCUT2D eigenvalue weighted by Crippen LogP contribution is 2.33. The van der Waals surface area contributed by atoms with E-state index >= 15 is 0 Å². The van der Waals surface area contributed by atoms with Crippen LogP contribution in [0.1, 0.15) is 71.1 Å². The molecule has 0 heterocycles. The van der Waals surface area contributed by atoms with Gasteiger partial charge >= 0.3 is 5.97 Å². The van der Waals surface area contributed by atoms with Crippen LogP contribution in [0, 0.1) is 17.8 Å². The molecule has 0 bridgehead atoms. The van der Waals surface area contributed by atoms with Gasteiger partial charge in [-0.1, -0.05) is 25.8 Å². The zero-order valence-corrected chi connectivity index (χ0v) is 13.0. The van der Waals surface area contributed by atoms with Gasteiger partial charge < -0.3 is 4.74 Å². The molecule has 0 saturated heterocycles. The van der Waals surface area contributed by atoms with Gasteiger partial charge in [-0.25, -0.2) is 0 Å². The van der Waals surface area contributed by atoms with Gasteiger partial charge in [0.2, 0.25) is 0 Å². The van der Waals surface area contributed by atoms with E-state index in [2.05, 4.69) is 13.5 Å². The Morgan fingerprint density at radius 1 is 1.10 bits per heavy atom. The van der Waals surface area contributed by atoms with Gasteiger partial charge in [-0.2, -0.15) is 0 Å². The van der Waals surface area contributed by atoms with Crippen molar-refractivity contribution in [3.8, 4) is 0 Å². The van der Waals surface area contributed by atoms with E-state index in [1.165, 1.54) is 25.7 Å². The summed E-state index contributed by atoms with van der Waals surface area (Å²) in [5.41, 5.74) is 0. The Kier molecular flexibility index (Phi) is 6.12. The Bertz CT molecular complexity index is 307. The van der Waals surface area contributed by atoms with Gasteiger partial charge in [0.1, 0.15) is 6.10 Å². The summed E-state index contributed by atoms with van der Waals surface area (Å²) in [7, 11) is 0. The zero-order chi connectivity index (χ0) is 14.4. The molecule has 0 amide bonds. The first kappa shape index (κ1) is 15.6. The third-order valence-corrected chi connectivity index (χ3v) is 5.21. The quantitative estimate of drug-likeness (QED) is 0.529. The molecule has 114 valence electrons. The summed E-state index contributed by atoms with van der Waals surface area (Å²) < 4.78 is 5.76. The Morgan fingerprint density at radius 2 is 1.75 bits per heavy atom. The summed E-state index contributed by atoms with van der Waals surface area (Å²) in [5, 5.41) is 0. The lowest BCUT2D eigenvalue weighted by atomic mass is 9.82. The summed E-state index contributed by atoms with van der Waals surface area (Å²) in [6.07, 6.45) is 13.7. The fraction of sp³-hybridized carbons (Fsp3) is 0.833. The van der Waals surface area contributed by atoms with Crippen molar-refractivity contribution in [1.29, 1.82) is 0 Å². The molecule has 20 heavy (non-hydrogen) atoms. The van der Waals surface area contributed by atoms with Crippen LogP contribution in [0.3, 0.4) is 0 Å². The first-order chi connectivity index (χ1) is 9.72. The monoisotopic (exact) mass is 278 g/mol. The van der Waals surface area contributed by atoms with Crippen molar-refractivity contribution >= 4 is 5.97 Å². The van der Waals surface area contributed by atoms with E-state index in [0.29, 0.717) is 5.92 Å². The minimum absolute atomic E-state index is 0.0754. The molecule has 2 saturated carbocycles. The van der Waals surface area contributed by atoms with E-state index in [1.807, 2.05) is 6.08 Å². The average Bonchev–Trinajstić information content (AvgIpc) is 2.49. The van der Waals surface area contributed by atoms with Crippen molar-refractivity contribution in [3.63, 3.8) is 0 Å². The number of carbonyl (C=O) groups excluding carboxylic acids is 1. The van der Waals surface area contributed by atoms with Gasteiger partial charge in [-0.3, -0.25) is 4.79 Å². The van der Waals surface area contributed by atoms with Crippen LogP contribution < -0.4 is 0 Å². The molecular weight excluding hydrogens is 248 g/mol. The Hall–Kier alpha value is -0.790. The summed E-state index contributed by atoms with van der Waals surface area (Å²) >= 11 is 0. The van der Waals surface area contributed by atoms with E-state index in [4.69, 9.17) is 4.74 Å². The molecular formula is C18H30O2. The number of allylic oxidation sites excluding steroid dienone is 1. The van der Waals surface area contributed by atoms with Gasteiger partial charge in [-0.15, -0.1) is 6.58 Å². The van der Waals surface area contributed by atoms with Crippen molar-refractivity contribution < 1.29 is 9.53 Å². The average molecular weight is 278 g/mol. The minimum atomic E-state index is 0.0754. The van der Waals surface area contributed by atoms with Gasteiger partial charge in [0.25, 0.3) is 0 Å². The maximum atomic E-state index is 12.2. The van der Waals surface area contributed by atoms with Gasteiger partial charge in [0.15, 0.2) is 0 Å². The number of rotatable bonds is 5. The van der Waals surface area contributed by atoms with E-state index < -0.39 is 0 Å². The van der Waals surface area contributed by atoms with Crippen LogP contribution in [0.2, 0.25) is 0 Å². The minimum Gasteiger partial charge on any atom is -0.462 e. The number of hydrogen-bond donors (Lipinski definition) is 0. The van der Waals surface area contributed by atoms with Crippen LogP contribution in [0.4, 0.5) is 0 Å². The second kappa shape index (κ2) is 7.85. The summed E-state index contributed by atoms with van der Waals surface area (Å²) in [6, 6.07) is 0. The first-order valence-electron chi connectivity index (χ1n) is 8.56. The maximum absolute atomic E-state index is 12.2. The van der Waals surface area contributed by atoms with Gasteiger partial charge in [0, 0.05) is 0 Å². The Morgan fingerprint density at radius 3 is 2.30 bits per heavy atom. The third kappa shape index (κ3) is 4.36. The van der Waals surface area contributed by atoms with Crippen molar-refractivity contribution in [2.45, 2.75) is 77.2 Å². The van der Waals surface area contributed by atoms with Crippen molar-refractivity contribution in [2.24, 2.45) is 17.8 Å². The van der Waals surface area contributed by atoms with E-state index in [0.717, 1.165) is 44.4 Å². The predicted octanol–water partition coefficient (Wildman–Crippen LogP) is 4.88. The molecule has 2 nitrogen and oxygen atoms in total. The third-order valence-electron chi connectivity index (χ3n) is 5.21. The lowest BCUT2D eigenvalue weighted by Gasteiger charge is -2.31. The molecule has 0 radical (unpaired) electrons. The van der Waals surface area contributed by atoms with Crippen LogP contribution >= 0.6 is 0 Å². The maximum Gasteiger partial charge on any atom is 0.309 e. The summed E-state index contributed by atoms with van der Waals surface area (Å²) in [4.78, 5) is 12.2. The highest BCUT2D eigenvalue weighted by atomic mass is 16.5. The molecule has 0 aliphatic heterocycles. The standard InChI is InChI=1S/C18H30O2/c1-3-5-15-8-12-17(13-9-15)20-18(19)16-10-6-14(4-2)7-11-16/h4,14-17H,2-3,5-13H2,1H3. The number of carbonyl (C=O) groups is 1. The highest BCUT2D eigenvalue weighted by molar-refractivity contribution is 5.72. The SMILES string of the molecule is C=CC1CCC(C(=O)OC2CCC(CCC)CC2)CC1. The van der Waals surface area contributed by atoms with E-state index in [9.17, 15) is 4.79 Å². The molecule has 0 spiro atoms. The van der Waals surface area contributed by atoms with E-state index in [1.54, 1.807) is 0 Å². The molecule has 0 aromatic rings. The molecule has 0 N–H and O–H groups in total. The number of esters is 1. The first-order valence-corrected chi connectivity index (χ1v) is 8.56. The molecule has 0 aromatic carbocycles. The second-order valence-corrected chi connectivity index (χ2v) is 6.72. The highest BCUT2D eigenvalue weighted by Gasteiger charge is 2.29. The predicted molar refractivity (Wildman–Crippen MR) is 82.4 cm³/mol. The molecule has 0 unspecified atom stereocenters. The largest absolute Gasteiger partial charge is 0.462 e. The molecule has 2 fully saturated rings. The summed E-state index contributed by atoms with van der Waals surface area (Å²) in [6.45, 7) is 6.11. The molecule has 2 rings (SSSR count). The second-order valence-electron chi connectivity index (χ2n) is 6.72. The molecule has 2 heteroatoms. The van der Waals surface area contributed by atoms with Crippen LogP contribution in [-0.2, 0) is 9.53 Å². The molecule has 0 aromatic heterocycles. The topological polar surface area (TPSA) is 26.3 Å². The zero-order valence-electron chi connectivity index (χ0n) is 13.0. The molecule has 0 atom stereocenters. The molecule has 2 aliphatic carbocycles. The van der Waals surface area contributed by atoms with Crippen LogP contribution in [0.15, 0.2) is 12.7 Å². The van der Waals surface area contributed by atoms with Crippen molar-refractivity contribution in [2.75, 3.05) is 0 Å². The normalized spacial score (nSPS) is 34.5. The van der Waals surface area contributed by atoms with Crippen molar-refractivity contribution in [1.82, 2.24) is 0 Å². The van der Waals surface area contributed by atoms with Crippen LogP contribution in [-0.4, -0.2) is 12.1 Å². The van der Waals surface area contributed by atoms with Gasteiger partial charge in [0.05, 0.1) is 5.92 Å². The number of ether oxygens (including phenoxy) is 1. The Labute approximate surface area is 124 Å². The number of hydrogen-bond acceptors (Lipinski definition) is 2. The molecule has 2 aliphatic rings. The van der Waals surface area contributed by atoms with Crippen molar-refractivity contribution in [3.05, 3.63) is 12.7 Å². The van der Waals surface area contributed by atoms with E-state index in [-0.39, 0.29) is 18.0 Å². The van der Waals surface area contributed by atoms with Gasteiger partial charge in [-0.05, 0) is 63.2 Å². The fourth-order valence-electron chi connectivity index (χ4n) is 3.80.